The molecule has 1 N–H and O–H groups in total. The topological polar surface area (TPSA) is 96.0 Å². The second-order valence-corrected chi connectivity index (χ2v) is 13.6. The number of hydrogen-bond donors (Lipinski definition) is 1. The zero-order valence-corrected chi connectivity index (χ0v) is 28.6. The summed E-state index contributed by atoms with van der Waals surface area (Å²) in [5.41, 5.74) is 0.672. The van der Waals surface area contributed by atoms with Crippen LogP contribution >= 0.6 is 0 Å². The van der Waals surface area contributed by atoms with Crippen molar-refractivity contribution in [1.82, 2.24) is 10.2 Å². The summed E-state index contributed by atoms with van der Waals surface area (Å²) < 4.78 is 75.8. The maximum Gasteiger partial charge on any atom is 0.416 e. The van der Waals surface area contributed by atoms with Crippen molar-refractivity contribution in [3.05, 3.63) is 125 Å². The molecule has 49 heavy (non-hydrogen) atoms. The number of alkyl halides is 3. The fourth-order valence-corrected chi connectivity index (χ4v) is 6.57. The van der Waals surface area contributed by atoms with Crippen molar-refractivity contribution in [2.45, 2.75) is 63.3 Å². The molecule has 0 aliphatic heterocycles. The fraction of sp³-hybridized carbons (Fsp3) is 0.297. The summed E-state index contributed by atoms with van der Waals surface area (Å²) in [5, 5.41) is 2.95. The molecule has 8 nitrogen and oxygen atoms in total. The van der Waals surface area contributed by atoms with E-state index in [0.717, 1.165) is 23.3 Å². The van der Waals surface area contributed by atoms with Gasteiger partial charge < -0.3 is 15.0 Å². The summed E-state index contributed by atoms with van der Waals surface area (Å²) >= 11 is 0. The third kappa shape index (κ3) is 9.62. The lowest BCUT2D eigenvalue weighted by Gasteiger charge is -2.34. The maximum absolute atomic E-state index is 14.6. The van der Waals surface area contributed by atoms with E-state index in [-0.39, 0.29) is 29.6 Å². The Kier molecular flexibility index (Phi) is 12.1. The second-order valence-electron chi connectivity index (χ2n) is 11.8. The van der Waals surface area contributed by atoms with Gasteiger partial charge in [-0.1, -0.05) is 73.2 Å². The van der Waals surface area contributed by atoms with Crippen LogP contribution < -0.4 is 14.4 Å². The van der Waals surface area contributed by atoms with Gasteiger partial charge in [0.05, 0.1) is 23.3 Å². The number of anilines is 1. The molecule has 260 valence electrons. The lowest BCUT2D eigenvalue weighted by Crippen LogP contribution is -2.54. The molecule has 2 amide bonds. The SMILES string of the molecule is CC[C@@H](C)NC(=O)[C@@H](Cc1ccccc1)N(Cc1cccc(OC)c1)C(=O)CN(c1cccc(C(F)(F)F)c1)S(=O)(=O)c1ccc(C)cc1. The van der Waals surface area contributed by atoms with E-state index >= 15 is 0 Å². The summed E-state index contributed by atoms with van der Waals surface area (Å²) in [4.78, 5) is 29.6. The Morgan fingerprint density at radius 3 is 2.16 bits per heavy atom. The minimum Gasteiger partial charge on any atom is -0.497 e. The summed E-state index contributed by atoms with van der Waals surface area (Å²) in [5.74, 6) is -0.751. The molecular weight excluding hydrogens is 655 g/mol. The number of carbonyl (C=O) groups is 2. The molecule has 0 spiro atoms. The highest BCUT2D eigenvalue weighted by molar-refractivity contribution is 7.92. The highest BCUT2D eigenvalue weighted by Gasteiger charge is 2.36. The maximum atomic E-state index is 14.6. The van der Waals surface area contributed by atoms with E-state index in [4.69, 9.17) is 4.74 Å². The van der Waals surface area contributed by atoms with Crippen molar-refractivity contribution in [2.75, 3.05) is 18.0 Å². The van der Waals surface area contributed by atoms with Gasteiger partial charge >= 0.3 is 6.18 Å². The molecular formula is C37H40F3N3O5S. The van der Waals surface area contributed by atoms with Gasteiger partial charge in [-0.25, -0.2) is 8.42 Å². The van der Waals surface area contributed by atoms with Crippen molar-refractivity contribution in [3.8, 4) is 5.75 Å². The molecule has 0 unspecified atom stereocenters. The summed E-state index contributed by atoms with van der Waals surface area (Å²) in [6.45, 7) is 4.48. The van der Waals surface area contributed by atoms with Crippen LogP contribution in [-0.2, 0) is 38.8 Å². The molecule has 4 aromatic carbocycles. The van der Waals surface area contributed by atoms with E-state index < -0.39 is 46.2 Å². The highest BCUT2D eigenvalue weighted by Crippen LogP contribution is 2.33. The van der Waals surface area contributed by atoms with Gasteiger partial charge in [-0.2, -0.15) is 13.2 Å². The molecule has 0 aromatic heterocycles. The number of benzene rings is 4. The molecule has 0 aliphatic rings. The Morgan fingerprint density at radius 1 is 0.878 bits per heavy atom. The Labute approximate surface area is 285 Å². The number of sulfonamides is 1. The molecule has 0 saturated heterocycles. The smallest absolute Gasteiger partial charge is 0.416 e. The van der Waals surface area contributed by atoms with E-state index in [9.17, 15) is 31.2 Å². The number of nitrogens with zero attached hydrogens (tertiary/aromatic N) is 2. The van der Waals surface area contributed by atoms with Crippen molar-refractivity contribution in [3.63, 3.8) is 0 Å². The van der Waals surface area contributed by atoms with Gasteiger partial charge in [-0.05, 0) is 73.9 Å². The monoisotopic (exact) mass is 695 g/mol. The lowest BCUT2D eigenvalue weighted by molar-refractivity contribution is -0.140. The Balaban J connectivity index is 1.86. The van der Waals surface area contributed by atoms with E-state index in [2.05, 4.69) is 5.32 Å². The van der Waals surface area contributed by atoms with Crippen LogP contribution in [0.5, 0.6) is 5.75 Å². The third-order valence-electron chi connectivity index (χ3n) is 8.11. The van der Waals surface area contributed by atoms with Gasteiger partial charge in [0.1, 0.15) is 18.3 Å². The minimum atomic E-state index is -4.77. The van der Waals surface area contributed by atoms with Crippen LogP contribution in [0, 0.1) is 6.92 Å². The number of carbonyl (C=O) groups excluding carboxylic acids is 2. The Bertz CT molecular complexity index is 1830. The highest BCUT2D eigenvalue weighted by atomic mass is 32.2. The van der Waals surface area contributed by atoms with Gasteiger partial charge in [-0.3, -0.25) is 13.9 Å². The quantitative estimate of drug-likeness (QED) is 0.157. The van der Waals surface area contributed by atoms with Crippen LogP contribution in [0.3, 0.4) is 0 Å². The van der Waals surface area contributed by atoms with Gasteiger partial charge in [0.2, 0.25) is 11.8 Å². The number of nitrogens with one attached hydrogen (secondary N) is 1. The number of halogens is 3. The van der Waals surface area contributed by atoms with Crippen molar-refractivity contribution in [2.24, 2.45) is 0 Å². The number of ether oxygens (including phenoxy) is 1. The van der Waals surface area contributed by atoms with E-state index in [1.807, 2.05) is 32.0 Å². The van der Waals surface area contributed by atoms with Crippen molar-refractivity contribution >= 4 is 27.5 Å². The van der Waals surface area contributed by atoms with Crippen LogP contribution in [0.15, 0.2) is 108 Å². The first kappa shape index (κ1) is 37.0. The van der Waals surface area contributed by atoms with Crippen LogP contribution in [0.25, 0.3) is 0 Å². The van der Waals surface area contributed by atoms with Crippen molar-refractivity contribution in [1.29, 1.82) is 0 Å². The Morgan fingerprint density at radius 2 is 1.53 bits per heavy atom. The average Bonchev–Trinajstić information content (AvgIpc) is 3.08. The van der Waals surface area contributed by atoms with E-state index in [1.54, 1.807) is 55.5 Å². The van der Waals surface area contributed by atoms with Gasteiger partial charge in [0, 0.05) is 19.0 Å². The molecule has 0 radical (unpaired) electrons. The average molecular weight is 696 g/mol. The molecule has 0 heterocycles. The first-order chi connectivity index (χ1) is 23.2. The van der Waals surface area contributed by atoms with E-state index in [0.29, 0.717) is 28.1 Å². The normalized spacial score (nSPS) is 12.9. The molecule has 2 atom stereocenters. The summed E-state index contributed by atoms with van der Waals surface area (Å²) in [6, 6.07) is 24.2. The molecule has 0 aliphatic carbocycles. The molecule has 12 heteroatoms. The summed E-state index contributed by atoms with van der Waals surface area (Å²) in [6.07, 6.45) is -4.06. The molecule has 4 aromatic rings. The number of rotatable bonds is 14. The van der Waals surface area contributed by atoms with Crippen LogP contribution in [0.4, 0.5) is 18.9 Å². The first-order valence-electron chi connectivity index (χ1n) is 15.8. The van der Waals surface area contributed by atoms with Crippen LogP contribution in [-0.4, -0.2) is 50.9 Å². The lowest BCUT2D eigenvalue weighted by atomic mass is 10.0. The molecule has 4 rings (SSSR count). The summed E-state index contributed by atoms with van der Waals surface area (Å²) in [7, 11) is -3.09. The minimum absolute atomic E-state index is 0.0904. The zero-order chi connectivity index (χ0) is 35.8. The molecule has 0 fully saturated rings. The Hall–Kier alpha value is -4.84. The fourth-order valence-electron chi connectivity index (χ4n) is 5.17. The van der Waals surface area contributed by atoms with Crippen LogP contribution in [0.1, 0.15) is 42.5 Å². The van der Waals surface area contributed by atoms with Crippen molar-refractivity contribution < 1.29 is 35.9 Å². The largest absolute Gasteiger partial charge is 0.497 e. The van der Waals surface area contributed by atoms with E-state index in [1.165, 1.54) is 30.2 Å². The zero-order valence-electron chi connectivity index (χ0n) is 27.8. The number of aryl methyl sites for hydroxylation is 1. The third-order valence-corrected chi connectivity index (χ3v) is 9.90. The van der Waals surface area contributed by atoms with Gasteiger partial charge in [0.25, 0.3) is 10.0 Å². The van der Waals surface area contributed by atoms with Crippen LogP contribution in [0.2, 0.25) is 0 Å². The molecule has 0 saturated carbocycles. The first-order valence-corrected chi connectivity index (χ1v) is 17.2. The van der Waals surface area contributed by atoms with Gasteiger partial charge in [0.15, 0.2) is 0 Å². The second kappa shape index (κ2) is 16.0. The number of amides is 2. The predicted molar refractivity (Wildman–Crippen MR) is 183 cm³/mol. The standard InChI is InChI=1S/C37H40F3N3O5S/c1-5-27(3)41-36(45)34(22-28-11-7-6-8-12-28)42(24-29-13-9-16-32(21-29)48-4)35(44)25-43(31-15-10-14-30(23-31)37(38,39)40)49(46,47)33-19-17-26(2)18-20-33/h6-21,23,27,34H,5,22,24-25H2,1-4H3,(H,41,45)/t27-,34-/m1/s1. The number of hydrogen-bond acceptors (Lipinski definition) is 5. The predicted octanol–water partition coefficient (Wildman–Crippen LogP) is 6.77. The van der Waals surface area contributed by atoms with Gasteiger partial charge in [-0.15, -0.1) is 0 Å². The number of methoxy groups -OCH3 is 1. The molecule has 0 bridgehead atoms.